The number of amides is 1. The molecule has 1 aromatic carbocycles. The Kier molecular flexibility index (Phi) is 4.05. The van der Waals surface area contributed by atoms with Crippen molar-refractivity contribution in [3.05, 3.63) is 29.8 Å². The van der Waals surface area contributed by atoms with E-state index >= 15 is 0 Å². The van der Waals surface area contributed by atoms with E-state index in [1.54, 1.807) is 18.2 Å². The quantitative estimate of drug-likeness (QED) is 0.811. The molecule has 0 aromatic heterocycles. The summed E-state index contributed by atoms with van der Waals surface area (Å²) >= 11 is 0. The van der Waals surface area contributed by atoms with Gasteiger partial charge in [0.05, 0.1) is 5.56 Å². The highest BCUT2D eigenvalue weighted by Gasteiger charge is 2.45. The fourth-order valence-electron chi connectivity index (χ4n) is 3.21. The van der Waals surface area contributed by atoms with E-state index < -0.39 is 5.97 Å². The first-order chi connectivity index (χ1) is 10.6. The number of anilines is 1. The van der Waals surface area contributed by atoms with Crippen LogP contribution in [0.2, 0.25) is 0 Å². The van der Waals surface area contributed by atoms with Crippen molar-refractivity contribution in [1.82, 2.24) is 4.90 Å². The summed E-state index contributed by atoms with van der Waals surface area (Å²) in [5.74, 6) is 0.350. The highest BCUT2D eigenvalue weighted by atomic mass is 16.4. The topological polar surface area (TPSA) is 69.6 Å². The van der Waals surface area contributed by atoms with Gasteiger partial charge in [0.2, 0.25) is 0 Å². The van der Waals surface area contributed by atoms with Crippen molar-refractivity contribution in [3.8, 4) is 0 Å². The molecular weight excluding hydrogens is 280 g/mol. The molecule has 0 bridgehead atoms. The molecule has 5 heteroatoms. The van der Waals surface area contributed by atoms with Crippen LogP contribution >= 0.6 is 0 Å². The molecule has 2 N–H and O–H groups in total. The van der Waals surface area contributed by atoms with Crippen LogP contribution in [0.3, 0.4) is 0 Å². The smallest absolute Gasteiger partial charge is 0.322 e. The molecule has 3 rings (SSSR count). The van der Waals surface area contributed by atoms with E-state index in [0.29, 0.717) is 29.1 Å². The lowest BCUT2D eigenvalue weighted by Gasteiger charge is -2.29. The van der Waals surface area contributed by atoms with Gasteiger partial charge in [-0.3, -0.25) is 9.59 Å². The second kappa shape index (κ2) is 5.99. The highest BCUT2D eigenvalue weighted by Crippen LogP contribution is 2.47. The maximum Gasteiger partial charge on any atom is 0.322 e. The third-order valence-electron chi connectivity index (χ3n) is 4.57. The molecule has 1 amide bonds. The molecule has 0 spiro atoms. The number of hydrogen-bond acceptors (Lipinski definition) is 3. The Morgan fingerprint density at radius 3 is 2.36 bits per heavy atom. The van der Waals surface area contributed by atoms with Gasteiger partial charge in [-0.1, -0.05) is 12.1 Å². The Labute approximate surface area is 130 Å². The van der Waals surface area contributed by atoms with E-state index in [4.69, 9.17) is 5.11 Å². The number of nitrogens with zero attached hydrogens (tertiary/aromatic N) is 1. The molecule has 2 saturated carbocycles. The molecular formula is C17H22N2O3. The second-order valence-corrected chi connectivity index (χ2v) is 6.37. The number of rotatable bonds is 7. The van der Waals surface area contributed by atoms with Gasteiger partial charge in [-0.15, -0.1) is 0 Å². The van der Waals surface area contributed by atoms with Crippen molar-refractivity contribution in [2.75, 3.05) is 18.9 Å². The summed E-state index contributed by atoms with van der Waals surface area (Å²) in [5.41, 5.74) is 1.14. The van der Waals surface area contributed by atoms with E-state index in [9.17, 15) is 9.59 Å². The van der Waals surface area contributed by atoms with Crippen molar-refractivity contribution in [3.63, 3.8) is 0 Å². The summed E-state index contributed by atoms with van der Waals surface area (Å²) < 4.78 is 0. The lowest BCUT2D eigenvalue weighted by molar-refractivity contribution is -0.134. The molecule has 2 fully saturated rings. The molecule has 2 aliphatic carbocycles. The van der Waals surface area contributed by atoms with Crippen LogP contribution in [0, 0.1) is 11.8 Å². The Hall–Kier alpha value is -2.04. The molecule has 118 valence electrons. The summed E-state index contributed by atoms with van der Waals surface area (Å²) in [6, 6.07) is 7.49. The van der Waals surface area contributed by atoms with Gasteiger partial charge in [-0.05, 0) is 49.7 Å². The summed E-state index contributed by atoms with van der Waals surface area (Å²) in [7, 11) is 1.89. The van der Waals surface area contributed by atoms with E-state index in [-0.39, 0.29) is 12.5 Å². The van der Waals surface area contributed by atoms with Gasteiger partial charge >= 0.3 is 5.97 Å². The Bertz CT molecular complexity index is 567. The van der Waals surface area contributed by atoms with Crippen molar-refractivity contribution in [1.29, 1.82) is 0 Å². The summed E-state index contributed by atoms with van der Waals surface area (Å²) in [6.07, 6.45) is 4.88. The van der Waals surface area contributed by atoms with Crippen molar-refractivity contribution in [2.24, 2.45) is 11.8 Å². The molecule has 5 nitrogen and oxygen atoms in total. The van der Waals surface area contributed by atoms with Crippen LogP contribution in [0.1, 0.15) is 36.0 Å². The van der Waals surface area contributed by atoms with E-state index in [1.807, 2.05) is 18.0 Å². The predicted molar refractivity (Wildman–Crippen MR) is 83.9 cm³/mol. The van der Waals surface area contributed by atoms with Crippen molar-refractivity contribution in [2.45, 2.75) is 31.7 Å². The van der Waals surface area contributed by atoms with Crippen LogP contribution in [0.25, 0.3) is 0 Å². The minimum absolute atomic E-state index is 0.0164. The zero-order valence-corrected chi connectivity index (χ0v) is 12.8. The number of hydrogen-bond donors (Lipinski definition) is 2. The first-order valence-electron chi connectivity index (χ1n) is 7.89. The fraction of sp³-hybridized carbons (Fsp3) is 0.529. The summed E-state index contributed by atoms with van der Waals surface area (Å²) in [6.45, 7) is -0.192. The third-order valence-corrected chi connectivity index (χ3v) is 4.57. The molecule has 22 heavy (non-hydrogen) atoms. The number of nitrogens with one attached hydrogen (secondary N) is 1. The van der Waals surface area contributed by atoms with Gasteiger partial charge in [0.1, 0.15) is 6.54 Å². The normalized spacial score (nSPS) is 17.4. The van der Waals surface area contributed by atoms with Gasteiger partial charge in [0, 0.05) is 18.8 Å². The summed E-state index contributed by atoms with van der Waals surface area (Å²) in [4.78, 5) is 25.5. The average Bonchev–Trinajstić information content (AvgIpc) is 3.39. The number of carbonyl (C=O) groups is 2. The predicted octanol–water partition coefficient (Wildman–Crippen LogP) is 2.44. The van der Waals surface area contributed by atoms with Crippen LogP contribution in [0.4, 0.5) is 5.69 Å². The number of carbonyl (C=O) groups excluding carboxylic acids is 1. The maximum absolute atomic E-state index is 12.9. The first-order valence-corrected chi connectivity index (χ1v) is 7.89. The molecule has 0 unspecified atom stereocenters. The Balaban J connectivity index is 1.77. The molecule has 0 radical (unpaired) electrons. The van der Waals surface area contributed by atoms with E-state index in [1.165, 1.54) is 25.7 Å². The Morgan fingerprint density at radius 1 is 1.23 bits per heavy atom. The molecule has 0 atom stereocenters. The van der Waals surface area contributed by atoms with E-state index in [0.717, 1.165) is 0 Å². The summed E-state index contributed by atoms with van der Waals surface area (Å²) in [5, 5.41) is 11.6. The SMILES string of the molecule is CN(C(=O)c1ccccc1NCC(=O)O)C(C1CC1)C1CC1. The molecule has 0 aliphatic heterocycles. The average molecular weight is 302 g/mol. The zero-order chi connectivity index (χ0) is 15.7. The monoisotopic (exact) mass is 302 g/mol. The van der Waals surface area contributed by atoms with Gasteiger partial charge in [-0.2, -0.15) is 0 Å². The number of carboxylic acids is 1. The molecule has 1 aromatic rings. The standard InChI is InChI=1S/C17H22N2O3/c1-19(16(11-6-7-11)12-8-9-12)17(22)13-4-2-3-5-14(13)18-10-15(20)21/h2-5,11-12,16,18H,6-10H2,1H3,(H,20,21). The fourth-order valence-corrected chi connectivity index (χ4v) is 3.21. The van der Waals surface area contributed by atoms with Crippen LogP contribution in [0.15, 0.2) is 24.3 Å². The number of para-hydroxylation sites is 1. The third kappa shape index (κ3) is 3.24. The van der Waals surface area contributed by atoms with Gasteiger partial charge < -0.3 is 15.3 Å². The first kappa shape index (κ1) is 14.9. The van der Waals surface area contributed by atoms with Crippen molar-refractivity contribution >= 4 is 17.6 Å². The lowest BCUT2D eigenvalue weighted by Crippen LogP contribution is -2.40. The highest BCUT2D eigenvalue weighted by molar-refractivity contribution is 6.00. The minimum Gasteiger partial charge on any atom is -0.480 e. The second-order valence-electron chi connectivity index (χ2n) is 6.37. The molecule has 0 heterocycles. The van der Waals surface area contributed by atoms with E-state index in [2.05, 4.69) is 5.32 Å². The van der Waals surface area contributed by atoms with Crippen LogP contribution in [0.5, 0.6) is 0 Å². The van der Waals surface area contributed by atoms with Crippen molar-refractivity contribution < 1.29 is 14.7 Å². The Morgan fingerprint density at radius 2 is 1.82 bits per heavy atom. The largest absolute Gasteiger partial charge is 0.480 e. The van der Waals surface area contributed by atoms with Crippen LogP contribution in [-0.4, -0.2) is 41.5 Å². The van der Waals surface area contributed by atoms with Crippen LogP contribution in [-0.2, 0) is 4.79 Å². The van der Waals surface area contributed by atoms with Crippen LogP contribution < -0.4 is 5.32 Å². The maximum atomic E-state index is 12.9. The number of aliphatic carboxylic acids is 1. The minimum atomic E-state index is -0.940. The zero-order valence-electron chi connectivity index (χ0n) is 12.8. The number of benzene rings is 1. The van der Waals surface area contributed by atoms with Gasteiger partial charge in [0.15, 0.2) is 0 Å². The molecule has 0 saturated heterocycles. The van der Waals surface area contributed by atoms with Gasteiger partial charge in [0.25, 0.3) is 5.91 Å². The lowest BCUT2D eigenvalue weighted by atomic mass is 10.0. The van der Waals surface area contributed by atoms with Gasteiger partial charge in [-0.25, -0.2) is 0 Å². The molecule has 2 aliphatic rings. The number of carboxylic acid groups (broad SMARTS) is 1.